The van der Waals surface area contributed by atoms with Crippen LogP contribution in [0.1, 0.15) is 17.3 Å². The fourth-order valence-electron chi connectivity index (χ4n) is 2.42. The van der Waals surface area contributed by atoms with E-state index < -0.39 is 24.3 Å². The third-order valence-electron chi connectivity index (χ3n) is 3.64. The smallest absolute Gasteiger partial charge is 0.338 e. The van der Waals surface area contributed by atoms with Crippen LogP contribution in [0.4, 0.5) is 0 Å². The van der Waals surface area contributed by atoms with Gasteiger partial charge in [-0.3, -0.25) is 0 Å². The van der Waals surface area contributed by atoms with Gasteiger partial charge in [0.1, 0.15) is 23.7 Å². The highest BCUT2D eigenvalue weighted by Gasteiger charge is 2.44. The number of carbonyl (C=O) groups excluding carboxylic acids is 1. The van der Waals surface area contributed by atoms with E-state index in [0.29, 0.717) is 5.56 Å². The van der Waals surface area contributed by atoms with E-state index in [-0.39, 0.29) is 18.0 Å². The Morgan fingerprint density at radius 2 is 2.05 bits per heavy atom. The van der Waals surface area contributed by atoms with Gasteiger partial charge in [0.15, 0.2) is 0 Å². The molecule has 2 unspecified atom stereocenters. The number of carbonyl (C=O) groups is 1. The molecule has 5 nitrogen and oxygen atoms in total. The van der Waals surface area contributed by atoms with Crippen LogP contribution in [-0.2, 0) is 9.47 Å². The number of aliphatic hydroxyl groups excluding tert-OH is 2. The van der Waals surface area contributed by atoms with Gasteiger partial charge in [0.25, 0.3) is 0 Å². The number of hydrogen-bond acceptors (Lipinski definition) is 6. The zero-order chi connectivity index (χ0) is 15.4. The molecule has 1 saturated heterocycles. The highest BCUT2D eigenvalue weighted by atomic mass is 32.2. The maximum Gasteiger partial charge on any atom is 0.338 e. The van der Waals surface area contributed by atoms with E-state index in [1.54, 1.807) is 24.3 Å². The fourth-order valence-corrected chi connectivity index (χ4v) is 3.26. The van der Waals surface area contributed by atoms with Gasteiger partial charge in [0, 0.05) is 5.92 Å². The Hall–Kier alpha value is -1.08. The third kappa shape index (κ3) is 3.58. The van der Waals surface area contributed by atoms with E-state index in [2.05, 4.69) is 0 Å². The maximum atomic E-state index is 12.2. The Morgan fingerprint density at radius 1 is 1.38 bits per heavy atom. The molecule has 116 valence electrons. The summed E-state index contributed by atoms with van der Waals surface area (Å²) in [6.45, 7) is 1.55. The van der Waals surface area contributed by atoms with E-state index in [1.807, 2.05) is 19.2 Å². The maximum absolute atomic E-state index is 12.2. The molecular formula is C15H20O5S. The second-order valence-corrected chi connectivity index (χ2v) is 5.98. The highest BCUT2D eigenvalue weighted by Crippen LogP contribution is 2.33. The first kappa shape index (κ1) is 16.3. The van der Waals surface area contributed by atoms with Gasteiger partial charge >= 0.3 is 5.97 Å². The first-order chi connectivity index (χ1) is 10.1. The second kappa shape index (κ2) is 7.26. The van der Waals surface area contributed by atoms with Crippen molar-refractivity contribution >= 4 is 17.7 Å². The zero-order valence-electron chi connectivity index (χ0n) is 12.0. The molecule has 0 aliphatic carbocycles. The van der Waals surface area contributed by atoms with Gasteiger partial charge in [-0.15, -0.1) is 11.8 Å². The summed E-state index contributed by atoms with van der Waals surface area (Å²) in [7, 11) is 0. The van der Waals surface area contributed by atoms with Crippen LogP contribution in [0.2, 0.25) is 0 Å². The fraction of sp³-hybridized carbons (Fsp3) is 0.533. The lowest BCUT2D eigenvalue weighted by Crippen LogP contribution is -2.55. The minimum Gasteiger partial charge on any atom is -0.455 e. The number of ether oxygens (including phenoxy) is 2. The standard InChI is InChI=1S/C15H20O5S/c1-9-13(12(17)11(8-16)19-15(9)21-2)20-14(18)10-6-4-3-5-7-10/h3-7,9,11-13,15-17H,8H2,1-2H3/t9?,11?,12-,13-,15+/m1/s1. The Morgan fingerprint density at radius 3 is 2.62 bits per heavy atom. The van der Waals surface area contributed by atoms with Gasteiger partial charge in [-0.25, -0.2) is 4.79 Å². The molecule has 0 bridgehead atoms. The van der Waals surface area contributed by atoms with Crippen molar-refractivity contribution in [3.05, 3.63) is 35.9 Å². The molecule has 0 amide bonds. The largest absolute Gasteiger partial charge is 0.455 e. The van der Waals surface area contributed by atoms with E-state index in [9.17, 15) is 15.0 Å². The van der Waals surface area contributed by atoms with E-state index in [1.165, 1.54) is 11.8 Å². The Bertz CT molecular complexity index is 450. The number of aliphatic hydroxyl groups is 2. The highest BCUT2D eigenvalue weighted by molar-refractivity contribution is 7.99. The predicted octanol–water partition coefficient (Wildman–Crippen LogP) is 1.29. The normalized spacial score (nSPS) is 32.7. The Labute approximate surface area is 128 Å². The van der Waals surface area contributed by atoms with Gasteiger partial charge in [-0.1, -0.05) is 25.1 Å². The molecular weight excluding hydrogens is 292 g/mol. The predicted molar refractivity (Wildman–Crippen MR) is 80.1 cm³/mol. The van der Waals surface area contributed by atoms with Crippen LogP contribution in [0.3, 0.4) is 0 Å². The molecule has 1 aliphatic heterocycles. The van der Waals surface area contributed by atoms with Gasteiger partial charge in [0.2, 0.25) is 0 Å². The van der Waals surface area contributed by atoms with Crippen molar-refractivity contribution in [3.8, 4) is 0 Å². The molecule has 1 aliphatic rings. The minimum atomic E-state index is -1.04. The van der Waals surface area contributed by atoms with Crippen molar-refractivity contribution in [2.75, 3.05) is 12.9 Å². The average Bonchev–Trinajstić information content (AvgIpc) is 2.52. The summed E-state index contributed by atoms with van der Waals surface area (Å²) < 4.78 is 11.1. The van der Waals surface area contributed by atoms with Crippen LogP contribution < -0.4 is 0 Å². The number of rotatable bonds is 4. The van der Waals surface area contributed by atoms with Crippen molar-refractivity contribution in [1.29, 1.82) is 0 Å². The summed E-state index contributed by atoms with van der Waals surface area (Å²) in [6.07, 6.45) is -0.613. The van der Waals surface area contributed by atoms with E-state index >= 15 is 0 Å². The van der Waals surface area contributed by atoms with E-state index in [4.69, 9.17) is 9.47 Å². The van der Waals surface area contributed by atoms with Crippen molar-refractivity contribution in [2.24, 2.45) is 5.92 Å². The first-order valence-corrected chi connectivity index (χ1v) is 8.10. The quantitative estimate of drug-likeness (QED) is 0.816. The lowest BCUT2D eigenvalue weighted by atomic mass is 9.93. The molecule has 1 heterocycles. The van der Waals surface area contributed by atoms with Crippen LogP contribution in [0, 0.1) is 5.92 Å². The molecule has 2 rings (SSSR count). The summed E-state index contributed by atoms with van der Waals surface area (Å²) >= 11 is 1.47. The van der Waals surface area contributed by atoms with Gasteiger partial charge < -0.3 is 19.7 Å². The molecule has 2 N–H and O–H groups in total. The lowest BCUT2D eigenvalue weighted by Gasteiger charge is -2.42. The van der Waals surface area contributed by atoms with Crippen molar-refractivity contribution < 1.29 is 24.5 Å². The summed E-state index contributed by atoms with van der Waals surface area (Å²) in [5.41, 5.74) is 0.198. The third-order valence-corrected chi connectivity index (χ3v) is 4.64. The summed E-state index contributed by atoms with van der Waals surface area (Å²) in [5.74, 6) is -0.657. The first-order valence-electron chi connectivity index (χ1n) is 6.81. The molecule has 0 aromatic heterocycles. The van der Waals surface area contributed by atoms with Crippen LogP contribution in [0.5, 0.6) is 0 Å². The Kier molecular flexibility index (Phi) is 5.64. The number of hydrogen-bond donors (Lipinski definition) is 2. The van der Waals surface area contributed by atoms with Crippen LogP contribution >= 0.6 is 11.8 Å². The summed E-state index contributed by atoms with van der Waals surface area (Å²) in [6, 6.07) is 8.64. The monoisotopic (exact) mass is 312 g/mol. The molecule has 6 heteroatoms. The number of thioether (sulfide) groups is 1. The van der Waals surface area contributed by atoms with E-state index in [0.717, 1.165) is 0 Å². The molecule has 5 atom stereocenters. The zero-order valence-corrected chi connectivity index (χ0v) is 12.8. The molecule has 0 saturated carbocycles. The van der Waals surface area contributed by atoms with Crippen LogP contribution in [0.15, 0.2) is 30.3 Å². The topological polar surface area (TPSA) is 76.0 Å². The molecule has 1 fully saturated rings. The van der Waals surface area contributed by atoms with Gasteiger partial charge in [-0.05, 0) is 18.4 Å². The minimum absolute atomic E-state index is 0.175. The van der Waals surface area contributed by atoms with Gasteiger partial charge in [-0.2, -0.15) is 0 Å². The SMILES string of the molecule is CS[C@@H]1OC(CO)[C@@H](O)[C@H](OC(=O)c2ccccc2)C1C. The van der Waals surface area contributed by atoms with Crippen LogP contribution in [0.25, 0.3) is 0 Å². The molecule has 1 aromatic rings. The Balaban J connectivity index is 2.13. The summed E-state index contributed by atoms with van der Waals surface area (Å²) in [5, 5.41) is 19.5. The molecule has 1 aromatic carbocycles. The molecule has 0 radical (unpaired) electrons. The summed E-state index contributed by atoms with van der Waals surface area (Å²) in [4.78, 5) is 12.2. The van der Waals surface area contributed by atoms with Crippen molar-refractivity contribution in [1.82, 2.24) is 0 Å². The second-order valence-electron chi connectivity index (χ2n) is 5.05. The number of esters is 1. The lowest BCUT2D eigenvalue weighted by molar-refractivity contribution is -0.182. The van der Waals surface area contributed by atoms with Gasteiger partial charge in [0.05, 0.1) is 12.2 Å². The average molecular weight is 312 g/mol. The number of benzene rings is 1. The van der Waals surface area contributed by atoms with Crippen molar-refractivity contribution in [2.45, 2.75) is 30.7 Å². The molecule has 21 heavy (non-hydrogen) atoms. The van der Waals surface area contributed by atoms with Crippen molar-refractivity contribution in [3.63, 3.8) is 0 Å². The molecule has 0 spiro atoms. The van der Waals surface area contributed by atoms with Crippen LogP contribution in [-0.4, -0.2) is 52.8 Å².